The topological polar surface area (TPSA) is 111 Å². The first-order chi connectivity index (χ1) is 12.8. The van der Waals surface area contributed by atoms with Crippen LogP contribution in [0, 0.1) is 6.92 Å². The van der Waals surface area contributed by atoms with Gasteiger partial charge in [0, 0.05) is 24.1 Å². The minimum atomic E-state index is -3.45. The van der Waals surface area contributed by atoms with Gasteiger partial charge in [-0.2, -0.15) is 5.10 Å². The summed E-state index contributed by atoms with van der Waals surface area (Å²) in [6, 6.07) is 2.90. The highest BCUT2D eigenvalue weighted by atomic mass is 32.2. The minimum absolute atomic E-state index is 0.0529. The molecule has 1 N–H and O–H groups in total. The summed E-state index contributed by atoms with van der Waals surface area (Å²) >= 11 is 0. The monoisotopic (exact) mass is 391 g/mol. The number of rotatable bonds is 5. The molecule has 9 heteroatoms. The van der Waals surface area contributed by atoms with E-state index in [1.807, 2.05) is 0 Å². The summed E-state index contributed by atoms with van der Waals surface area (Å²) in [6.45, 7) is 6.03. The van der Waals surface area contributed by atoms with Crippen LogP contribution < -0.4 is 0 Å². The van der Waals surface area contributed by atoms with Crippen LogP contribution in [0.2, 0.25) is 0 Å². The molecule has 0 aliphatic carbocycles. The van der Waals surface area contributed by atoms with Crippen molar-refractivity contribution < 1.29 is 23.2 Å². The van der Waals surface area contributed by atoms with Gasteiger partial charge in [-0.25, -0.2) is 13.1 Å². The van der Waals surface area contributed by atoms with Crippen molar-refractivity contribution >= 4 is 21.3 Å². The normalized spacial score (nSPS) is 16.9. The highest BCUT2D eigenvalue weighted by Gasteiger charge is 2.32. The van der Waals surface area contributed by atoms with Crippen molar-refractivity contribution in [1.82, 2.24) is 9.78 Å². The van der Waals surface area contributed by atoms with Gasteiger partial charge in [0.25, 0.3) is 0 Å². The van der Waals surface area contributed by atoms with Crippen LogP contribution in [-0.4, -0.2) is 47.2 Å². The van der Waals surface area contributed by atoms with Crippen molar-refractivity contribution in [2.75, 3.05) is 12.4 Å². The average molecular weight is 391 g/mol. The highest BCUT2D eigenvalue weighted by molar-refractivity contribution is 7.91. The Morgan fingerprint density at radius 1 is 1.33 bits per heavy atom. The molecule has 0 unspecified atom stereocenters. The van der Waals surface area contributed by atoms with Crippen LogP contribution in [0.15, 0.2) is 28.4 Å². The maximum absolute atomic E-state index is 13.0. The molecule has 0 saturated carbocycles. The molecular formula is C18H21N3O5S. The molecule has 1 aromatic heterocycles. The maximum Gasteiger partial charge on any atom is 0.220 e. The molecule has 1 aromatic carbocycles. The van der Waals surface area contributed by atoms with E-state index in [1.165, 1.54) is 23.0 Å². The van der Waals surface area contributed by atoms with Gasteiger partial charge in [-0.15, -0.1) is 0 Å². The van der Waals surface area contributed by atoms with Crippen molar-refractivity contribution in [3.8, 4) is 5.88 Å². The number of benzene rings is 1. The SMILES string of the molecule is CCON=C1CCS(=O)(=O)c2ccc(C(=O)c3cnn(CC)c3O)c(C)c21. The molecular weight excluding hydrogens is 370 g/mol. The van der Waals surface area contributed by atoms with Gasteiger partial charge >= 0.3 is 0 Å². The van der Waals surface area contributed by atoms with Gasteiger partial charge < -0.3 is 9.94 Å². The van der Waals surface area contributed by atoms with E-state index in [-0.39, 0.29) is 28.5 Å². The fourth-order valence-electron chi connectivity index (χ4n) is 3.17. The summed E-state index contributed by atoms with van der Waals surface area (Å²) in [7, 11) is -3.45. The summed E-state index contributed by atoms with van der Waals surface area (Å²) in [4.78, 5) is 18.2. The van der Waals surface area contributed by atoms with Crippen LogP contribution in [0.5, 0.6) is 5.88 Å². The van der Waals surface area contributed by atoms with Gasteiger partial charge in [0.15, 0.2) is 15.6 Å². The molecule has 2 aromatic rings. The number of ketones is 1. The third-order valence-electron chi connectivity index (χ3n) is 4.56. The van der Waals surface area contributed by atoms with E-state index in [0.29, 0.717) is 35.6 Å². The Kier molecular flexibility index (Phi) is 5.05. The number of aromatic hydroxyl groups is 1. The first-order valence-corrected chi connectivity index (χ1v) is 10.3. The second-order valence-electron chi connectivity index (χ2n) is 6.16. The fraction of sp³-hybridized carbons (Fsp3) is 0.389. The van der Waals surface area contributed by atoms with E-state index >= 15 is 0 Å². The standard InChI is InChI=1S/C18H21N3O5S/c1-4-21-18(23)13(10-19-21)17(22)12-6-7-15-16(11(12)3)14(20-26-5-2)8-9-27(15,24)25/h6-7,10,23H,4-5,8-9H2,1-3H3. The lowest BCUT2D eigenvalue weighted by atomic mass is 9.93. The van der Waals surface area contributed by atoms with Crippen molar-refractivity contribution in [3.05, 3.63) is 40.6 Å². The number of aromatic nitrogens is 2. The Hall–Kier alpha value is -2.68. The Balaban J connectivity index is 2.17. The molecule has 0 fully saturated rings. The predicted octanol–water partition coefficient (Wildman–Crippen LogP) is 2.07. The zero-order valence-corrected chi connectivity index (χ0v) is 16.2. The predicted molar refractivity (Wildman–Crippen MR) is 99.0 cm³/mol. The van der Waals surface area contributed by atoms with Crippen molar-refractivity contribution in [2.24, 2.45) is 5.16 Å². The molecule has 144 valence electrons. The molecule has 27 heavy (non-hydrogen) atoms. The maximum atomic E-state index is 13.0. The van der Waals surface area contributed by atoms with Crippen molar-refractivity contribution in [2.45, 2.75) is 38.6 Å². The lowest BCUT2D eigenvalue weighted by molar-refractivity contribution is 0.103. The molecule has 0 spiro atoms. The summed E-state index contributed by atoms with van der Waals surface area (Å²) in [5.41, 5.74) is 1.76. The average Bonchev–Trinajstić information content (AvgIpc) is 3.01. The Bertz CT molecular complexity index is 1040. The number of sulfone groups is 1. The van der Waals surface area contributed by atoms with E-state index in [1.54, 1.807) is 20.8 Å². The third-order valence-corrected chi connectivity index (χ3v) is 6.31. The summed E-state index contributed by atoms with van der Waals surface area (Å²) in [6.07, 6.45) is 1.53. The van der Waals surface area contributed by atoms with Crippen LogP contribution in [0.3, 0.4) is 0 Å². The quantitative estimate of drug-likeness (QED) is 0.617. The van der Waals surface area contributed by atoms with E-state index in [9.17, 15) is 18.3 Å². The number of aryl methyl sites for hydroxylation is 1. The second kappa shape index (κ2) is 7.15. The summed E-state index contributed by atoms with van der Waals surface area (Å²) < 4.78 is 26.2. The Morgan fingerprint density at radius 2 is 2.07 bits per heavy atom. The second-order valence-corrected chi connectivity index (χ2v) is 8.24. The summed E-state index contributed by atoms with van der Waals surface area (Å²) in [5.74, 6) is -0.690. The molecule has 0 amide bonds. The zero-order valence-electron chi connectivity index (χ0n) is 15.4. The Labute approximate surface area is 157 Å². The lowest BCUT2D eigenvalue weighted by Crippen LogP contribution is -2.24. The molecule has 0 saturated heterocycles. The van der Waals surface area contributed by atoms with Gasteiger partial charge in [-0.05, 0) is 38.5 Å². The number of fused-ring (bicyclic) bond motifs is 1. The van der Waals surface area contributed by atoms with Crippen LogP contribution >= 0.6 is 0 Å². The van der Waals surface area contributed by atoms with Crippen LogP contribution in [-0.2, 0) is 21.2 Å². The fourth-order valence-corrected chi connectivity index (χ4v) is 4.71. The van der Waals surface area contributed by atoms with Gasteiger partial charge in [-0.1, -0.05) is 5.16 Å². The zero-order chi connectivity index (χ0) is 19.8. The highest BCUT2D eigenvalue weighted by Crippen LogP contribution is 2.32. The lowest BCUT2D eigenvalue weighted by Gasteiger charge is -2.21. The molecule has 2 heterocycles. The molecule has 3 rings (SSSR count). The van der Waals surface area contributed by atoms with Gasteiger partial charge in [0.2, 0.25) is 5.88 Å². The Morgan fingerprint density at radius 3 is 2.70 bits per heavy atom. The van der Waals surface area contributed by atoms with Crippen LogP contribution in [0.25, 0.3) is 0 Å². The van der Waals surface area contributed by atoms with Crippen molar-refractivity contribution in [3.63, 3.8) is 0 Å². The van der Waals surface area contributed by atoms with Crippen LogP contribution in [0.1, 0.15) is 47.3 Å². The van der Waals surface area contributed by atoms with Crippen molar-refractivity contribution in [1.29, 1.82) is 0 Å². The van der Waals surface area contributed by atoms with Gasteiger partial charge in [0.1, 0.15) is 12.2 Å². The number of hydrogen-bond donors (Lipinski definition) is 1. The molecule has 0 bridgehead atoms. The van der Waals surface area contributed by atoms with Gasteiger partial charge in [0.05, 0.1) is 22.6 Å². The molecule has 0 atom stereocenters. The smallest absolute Gasteiger partial charge is 0.220 e. The largest absolute Gasteiger partial charge is 0.493 e. The first-order valence-electron chi connectivity index (χ1n) is 8.66. The molecule has 1 aliphatic rings. The van der Waals surface area contributed by atoms with Gasteiger partial charge in [-0.3, -0.25) is 4.79 Å². The summed E-state index contributed by atoms with van der Waals surface area (Å²) in [5, 5.41) is 18.2. The third kappa shape index (κ3) is 3.23. The van der Waals surface area contributed by atoms with E-state index in [4.69, 9.17) is 4.84 Å². The number of hydrogen-bond acceptors (Lipinski definition) is 7. The van der Waals surface area contributed by atoms with E-state index < -0.39 is 15.6 Å². The van der Waals surface area contributed by atoms with Crippen LogP contribution in [0.4, 0.5) is 0 Å². The number of oxime groups is 1. The molecule has 0 radical (unpaired) electrons. The number of nitrogens with zero attached hydrogens (tertiary/aromatic N) is 3. The minimum Gasteiger partial charge on any atom is -0.493 e. The molecule has 1 aliphatic heterocycles. The van der Waals surface area contributed by atoms with E-state index in [2.05, 4.69) is 10.3 Å². The van der Waals surface area contributed by atoms with E-state index in [0.717, 1.165) is 0 Å². The first kappa shape index (κ1) is 19.1. The number of carbonyl (C=O) groups is 1. The number of carbonyl (C=O) groups excluding carboxylic acids is 1. The molecule has 8 nitrogen and oxygen atoms in total.